The topological polar surface area (TPSA) is 62.3 Å². The Labute approximate surface area is 166 Å². The zero-order valence-corrected chi connectivity index (χ0v) is 17.1. The van der Waals surface area contributed by atoms with E-state index in [-0.39, 0.29) is 24.8 Å². The van der Waals surface area contributed by atoms with Crippen molar-refractivity contribution in [3.8, 4) is 9.88 Å². The van der Waals surface area contributed by atoms with Gasteiger partial charge in [0, 0.05) is 18.1 Å². The highest BCUT2D eigenvalue weighted by Crippen LogP contribution is 2.28. The number of thiazole rings is 1. The summed E-state index contributed by atoms with van der Waals surface area (Å²) in [6, 6.07) is 9.88. The number of hydrogen-bond donors (Lipinski definition) is 1. The van der Waals surface area contributed by atoms with Crippen molar-refractivity contribution in [3.05, 3.63) is 57.9 Å². The Balaban J connectivity index is 1.56. The number of hydrogen-bond acceptors (Lipinski definition) is 5. The molecule has 0 spiro atoms. The number of aromatic nitrogens is 1. The largest absolute Gasteiger partial charge is 0.336 e. The zero-order valence-electron chi connectivity index (χ0n) is 15.5. The van der Waals surface area contributed by atoms with E-state index in [1.807, 2.05) is 54.9 Å². The molecule has 0 saturated heterocycles. The van der Waals surface area contributed by atoms with Gasteiger partial charge in [-0.25, -0.2) is 4.98 Å². The van der Waals surface area contributed by atoms with Crippen LogP contribution in [0.3, 0.4) is 0 Å². The first-order valence-electron chi connectivity index (χ1n) is 8.51. The number of carbonyl (C=O) groups excluding carboxylic acids is 2. The lowest BCUT2D eigenvalue weighted by atomic mass is 10.1. The second-order valence-corrected chi connectivity index (χ2v) is 8.22. The molecule has 0 atom stereocenters. The summed E-state index contributed by atoms with van der Waals surface area (Å²) >= 11 is 3.15. The smallest absolute Gasteiger partial charge is 0.243 e. The molecule has 0 aliphatic rings. The highest BCUT2D eigenvalue weighted by atomic mass is 32.1. The van der Waals surface area contributed by atoms with Crippen molar-refractivity contribution >= 4 is 40.2 Å². The molecule has 0 aliphatic carbocycles. The molecular weight excluding hydrogens is 378 g/mol. The molecule has 0 fully saturated rings. The fraction of sp³-hybridized carbons (Fsp3) is 0.250. The molecule has 0 bridgehead atoms. The van der Waals surface area contributed by atoms with E-state index >= 15 is 0 Å². The van der Waals surface area contributed by atoms with Crippen molar-refractivity contribution in [2.45, 2.75) is 20.3 Å². The molecule has 3 aromatic rings. The van der Waals surface area contributed by atoms with Crippen LogP contribution in [-0.4, -0.2) is 35.3 Å². The molecule has 0 radical (unpaired) electrons. The van der Waals surface area contributed by atoms with E-state index in [9.17, 15) is 9.59 Å². The van der Waals surface area contributed by atoms with Crippen molar-refractivity contribution in [2.24, 2.45) is 0 Å². The molecule has 27 heavy (non-hydrogen) atoms. The van der Waals surface area contributed by atoms with Crippen LogP contribution in [0, 0.1) is 13.8 Å². The second-order valence-electron chi connectivity index (χ2n) is 6.41. The minimum absolute atomic E-state index is 0.00807. The van der Waals surface area contributed by atoms with Crippen molar-refractivity contribution in [1.29, 1.82) is 0 Å². The summed E-state index contributed by atoms with van der Waals surface area (Å²) in [7, 11) is 1.64. The number of aryl methyl sites for hydroxylation is 2. The van der Waals surface area contributed by atoms with Gasteiger partial charge in [0.05, 0.1) is 23.5 Å². The summed E-state index contributed by atoms with van der Waals surface area (Å²) in [6.45, 7) is 3.93. The molecule has 7 heteroatoms. The molecule has 2 heterocycles. The summed E-state index contributed by atoms with van der Waals surface area (Å²) < 4.78 is 0. The summed E-state index contributed by atoms with van der Waals surface area (Å²) in [5.41, 5.74) is 3.58. The van der Waals surface area contributed by atoms with Gasteiger partial charge in [-0.2, -0.15) is 0 Å². The molecule has 3 rings (SSSR count). The highest BCUT2D eigenvalue weighted by Gasteiger charge is 2.16. The molecule has 1 N–H and O–H groups in total. The molecule has 0 aliphatic heterocycles. The van der Waals surface area contributed by atoms with Gasteiger partial charge in [0.1, 0.15) is 5.01 Å². The van der Waals surface area contributed by atoms with Crippen molar-refractivity contribution in [1.82, 2.24) is 9.88 Å². The van der Waals surface area contributed by atoms with Crippen molar-refractivity contribution < 1.29 is 9.59 Å². The normalized spacial score (nSPS) is 10.6. The monoisotopic (exact) mass is 399 g/mol. The lowest BCUT2D eigenvalue weighted by Gasteiger charge is -2.17. The molecule has 2 aromatic heterocycles. The van der Waals surface area contributed by atoms with E-state index in [4.69, 9.17) is 0 Å². The van der Waals surface area contributed by atoms with Gasteiger partial charge in [0.25, 0.3) is 0 Å². The van der Waals surface area contributed by atoms with Crippen LogP contribution >= 0.6 is 22.7 Å². The maximum atomic E-state index is 12.4. The minimum atomic E-state index is -0.211. The molecule has 2 amide bonds. The third-order valence-corrected chi connectivity index (χ3v) is 6.02. The first kappa shape index (κ1) is 19.3. The number of nitrogens with one attached hydrogen (secondary N) is 1. The predicted octanol–water partition coefficient (Wildman–Crippen LogP) is 4.13. The van der Waals surface area contributed by atoms with E-state index in [0.717, 1.165) is 32.4 Å². The highest BCUT2D eigenvalue weighted by molar-refractivity contribution is 7.20. The number of amides is 2. The lowest BCUT2D eigenvalue weighted by Crippen LogP contribution is -2.36. The van der Waals surface area contributed by atoms with E-state index < -0.39 is 0 Å². The summed E-state index contributed by atoms with van der Waals surface area (Å²) in [4.78, 5) is 31.8. The molecule has 0 unspecified atom stereocenters. The van der Waals surface area contributed by atoms with Crippen LogP contribution in [0.2, 0.25) is 0 Å². The molecule has 0 saturated carbocycles. The Morgan fingerprint density at radius 1 is 1.19 bits per heavy atom. The van der Waals surface area contributed by atoms with E-state index in [1.165, 1.54) is 16.2 Å². The van der Waals surface area contributed by atoms with Crippen molar-refractivity contribution in [3.63, 3.8) is 0 Å². The SMILES string of the molecule is Cc1ccc(C)c(NC(=O)CN(C)C(=O)Cc2csc(-c3cccs3)n2)c1. The first-order chi connectivity index (χ1) is 12.9. The lowest BCUT2D eigenvalue weighted by molar-refractivity contribution is -0.132. The summed E-state index contributed by atoms with van der Waals surface area (Å²) in [5, 5.41) is 7.70. The number of rotatable bonds is 6. The van der Waals surface area contributed by atoms with Crippen LogP contribution in [0.25, 0.3) is 9.88 Å². The van der Waals surface area contributed by atoms with Crippen LogP contribution < -0.4 is 5.32 Å². The zero-order chi connectivity index (χ0) is 19.4. The summed E-state index contributed by atoms with van der Waals surface area (Å²) in [5.74, 6) is -0.341. The maximum absolute atomic E-state index is 12.4. The Bertz CT molecular complexity index is 948. The predicted molar refractivity (Wildman–Crippen MR) is 111 cm³/mol. The van der Waals surface area contributed by atoms with Gasteiger partial charge >= 0.3 is 0 Å². The van der Waals surface area contributed by atoms with Gasteiger partial charge in [-0.15, -0.1) is 22.7 Å². The number of benzene rings is 1. The van der Waals surface area contributed by atoms with Crippen molar-refractivity contribution in [2.75, 3.05) is 18.9 Å². The van der Waals surface area contributed by atoms with Gasteiger partial charge in [0.2, 0.25) is 11.8 Å². The number of carbonyl (C=O) groups is 2. The number of anilines is 1. The maximum Gasteiger partial charge on any atom is 0.243 e. The van der Waals surface area contributed by atoms with Gasteiger partial charge in [0.15, 0.2) is 0 Å². The summed E-state index contributed by atoms with van der Waals surface area (Å²) in [6.07, 6.45) is 0.190. The van der Waals surface area contributed by atoms with Crippen LogP contribution in [0.4, 0.5) is 5.69 Å². The van der Waals surface area contributed by atoms with Crippen LogP contribution in [0.5, 0.6) is 0 Å². The van der Waals surface area contributed by atoms with E-state index in [1.54, 1.807) is 18.4 Å². The Kier molecular flexibility index (Phi) is 6.03. The first-order valence-corrected chi connectivity index (χ1v) is 10.3. The van der Waals surface area contributed by atoms with Gasteiger partial charge in [-0.05, 0) is 42.5 Å². The van der Waals surface area contributed by atoms with Gasteiger partial charge in [-0.3, -0.25) is 9.59 Å². The minimum Gasteiger partial charge on any atom is -0.336 e. The van der Waals surface area contributed by atoms with Crippen LogP contribution in [-0.2, 0) is 16.0 Å². The molecular formula is C20H21N3O2S2. The molecule has 1 aromatic carbocycles. The van der Waals surface area contributed by atoms with Gasteiger partial charge < -0.3 is 10.2 Å². The third-order valence-electron chi connectivity index (χ3n) is 4.09. The number of nitrogens with zero attached hydrogens (tertiary/aromatic N) is 2. The fourth-order valence-electron chi connectivity index (χ4n) is 2.56. The van der Waals surface area contributed by atoms with E-state index in [0.29, 0.717) is 0 Å². The Morgan fingerprint density at radius 2 is 2.00 bits per heavy atom. The number of likely N-dealkylation sites (N-methyl/N-ethyl adjacent to an activating group) is 1. The second kappa shape index (κ2) is 8.45. The molecule has 5 nitrogen and oxygen atoms in total. The Morgan fingerprint density at radius 3 is 2.74 bits per heavy atom. The molecule has 140 valence electrons. The average molecular weight is 400 g/mol. The van der Waals surface area contributed by atoms with Gasteiger partial charge in [-0.1, -0.05) is 18.2 Å². The van der Waals surface area contributed by atoms with Crippen LogP contribution in [0.1, 0.15) is 16.8 Å². The standard InChI is InChI=1S/C20H21N3O2S2/c1-13-6-7-14(2)16(9-13)22-18(24)11-23(3)19(25)10-15-12-27-20(21-15)17-5-4-8-26-17/h4-9,12H,10-11H2,1-3H3,(H,22,24). The van der Waals surface area contributed by atoms with Crippen LogP contribution in [0.15, 0.2) is 41.1 Å². The van der Waals surface area contributed by atoms with E-state index in [2.05, 4.69) is 10.3 Å². The average Bonchev–Trinajstić information content (AvgIpc) is 3.29. The quantitative estimate of drug-likeness (QED) is 0.678. The Hall–Kier alpha value is -2.51. The number of thiophene rings is 1. The third kappa shape index (κ3) is 5.02. The fourth-order valence-corrected chi connectivity index (χ4v) is 4.19.